The number of nitrogens with one attached hydrogen (secondary N) is 3. The number of fused-ring (bicyclic) bond motifs is 15. The first-order chi connectivity index (χ1) is 50.9. The molecule has 0 atom stereocenters. The highest BCUT2D eigenvalue weighted by Crippen LogP contribution is 2.39. The van der Waals surface area contributed by atoms with Crippen molar-refractivity contribution in [1.29, 1.82) is 0 Å². The smallest absolute Gasteiger partial charge is 0.394 e. The van der Waals surface area contributed by atoms with Gasteiger partial charge in [-0.3, -0.25) is 14.4 Å². The molecule has 0 saturated carbocycles. The van der Waals surface area contributed by atoms with E-state index in [9.17, 15) is 24.3 Å². The molecule has 0 aliphatic rings. The minimum absolute atomic E-state index is 0.0110. The van der Waals surface area contributed by atoms with E-state index >= 15 is 0 Å². The Morgan fingerprint density at radius 1 is 0.505 bits per heavy atom. The van der Waals surface area contributed by atoms with Crippen molar-refractivity contribution in [2.75, 3.05) is 37.9 Å². The molecule has 0 fully saturated rings. The van der Waals surface area contributed by atoms with E-state index in [4.69, 9.17) is 43.7 Å². The molecular formula is C75H62BrN17O12. The standard InChI is InChI=1S/C23H20N4O4.C18H12N6O3.C14H13N3O2.C11H9N3O.C9H8BrNO2/c1-4-29-22-21-20(24-12-25-22)16-8-6-14(13(3)28)10-18(16)27(21)15-7-9-19-17(11-15)26-23(31-19)30-5-2;19-16-15-14(21-7-22-16)10-3-1-8(17(25)26)5-12(10)24(15)9-2-4-13-11(6-9)23-18(20)27-13;1-3-19-14-13-12(15-7-16-14)10-5-4-9(8(2)18)6-11(10)17-13;1-6-2-3-7-8(4-6)14-10-9(7)12-5-13-11(10)15;1-2-12-9-11-7-5-6(10)3-4-8(7)13-9/h6-12H,4-5H2,1-3H3;1-7H,(H2,20,23)(H,25,26)(H2,19,21,22);4-7,17H,3H2,1-2H3;2-5,14H,1H3,(H,12,13,15);3-5H,2H2,1H3. The summed E-state index contributed by atoms with van der Waals surface area (Å²) in [4.78, 5) is 97.9. The van der Waals surface area contributed by atoms with Crippen molar-refractivity contribution in [3.05, 3.63) is 190 Å². The topological polar surface area (TPSA) is 403 Å². The van der Waals surface area contributed by atoms with Gasteiger partial charge in [0.05, 0.1) is 49.4 Å². The number of hydrogen-bond acceptors (Lipinski definition) is 23. The number of carbonyl (C=O) groups excluding carboxylic acids is 2. The lowest BCUT2D eigenvalue weighted by Gasteiger charge is -2.10. The van der Waals surface area contributed by atoms with Gasteiger partial charge in [0.1, 0.15) is 79.7 Å². The minimum Gasteiger partial charge on any atom is -0.478 e. The van der Waals surface area contributed by atoms with E-state index in [2.05, 4.69) is 80.7 Å². The van der Waals surface area contributed by atoms with Gasteiger partial charge in [-0.25, -0.2) is 29.7 Å². The van der Waals surface area contributed by atoms with E-state index in [0.29, 0.717) is 105 Å². The van der Waals surface area contributed by atoms with Crippen molar-refractivity contribution in [2.24, 2.45) is 0 Å². The number of ketones is 2. The Labute approximate surface area is 600 Å². The number of carboxylic acids is 1. The van der Waals surface area contributed by atoms with Crippen LogP contribution >= 0.6 is 15.9 Å². The fourth-order valence-electron chi connectivity index (χ4n) is 12.1. The second kappa shape index (κ2) is 28.8. The first-order valence-electron chi connectivity index (χ1n) is 32.8. The van der Waals surface area contributed by atoms with Gasteiger partial charge in [-0.05, 0) is 157 Å². The van der Waals surface area contributed by atoms with Crippen molar-refractivity contribution >= 4 is 166 Å². The van der Waals surface area contributed by atoms with Crippen molar-refractivity contribution in [2.45, 2.75) is 48.5 Å². The Morgan fingerprint density at radius 2 is 1.00 bits per heavy atom. The first-order valence-corrected chi connectivity index (χ1v) is 33.6. The molecule has 8 N–H and O–H groups in total. The van der Waals surface area contributed by atoms with Crippen LogP contribution in [-0.2, 0) is 0 Å². The molecule has 0 spiro atoms. The van der Waals surface area contributed by atoms with Gasteiger partial charge < -0.3 is 72.9 Å². The number of nitrogens with two attached hydrogens (primary N) is 2. The lowest BCUT2D eigenvalue weighted by molar-refractivity contribution is 0.0696. The summed E-state index contributed by atoms with van der Waals surface area (Å²) in [6, 6.07) is 38.7. The molecule has 0 amide bonds. The molecule has 526 valence electrons. The number of ether oxygens (including phenoxy) is 4. The van der Waals surface area contributed by atoms with Crippen LogP contribution in [0.2, 0.25) is 0 Å². The maximum atomic E-state index is 12.1. The Morgan fingerprint density at radius 3 is 1.64 bits per heavy atom. The van der Waals surface area contributed by atoms with E-state index in [-0.39, 0.29) is 40.6 Å². The highest BCUT2D eigenvalue weighted by atomic mass is 79.9. The zero-order chi connectivity index (χ0) is 73.3. The van der Waals surface area contributed by atoms with E-state index in [0.717, 1.165) is 92.5 Å². The molecule has 18 aromatic rings. The molecule has 30 heteroatoms. The number of aromatic nitrogens is 15. The van der Waals surface area contributed by atoms with Crippen LogP contribution in [0.1, 0.15) is 78.2 Å². The monoisotopic (exact) mass is 1470 g/mol. The van der Waals surface area contributed by atoms with Gasteiger partial charge in [0.2, 0.25) is 11.8 Å². The summed E-state index contributed by atoms with van der Waals surface area (Å²) in [5, 5.41) is 13.0. The van der Waals surface area contributed by atoms with Gasteiger partial charge >= 0.3 is 18.1 Å². The number of aromatic carboxylic acids is 1. The molecule has 0 radical (unpaired) electrons. The van der Waals surface area contributed by atoms with Crippen LogP contribution in [0.4, 0.5) is 11.8 Å². The maximum absolute atomic E-state index is 12.1. The average molecular weight is 1470 g/mol. The molecule has 0 unspecified atom stereocenters. The second-order valence-electron chi connectivity index (χ2n) is 23.5. The van der Waals surface area contributed by atoms with Gasteiger partial charge in [0, 0.05) is 59.6 Å². The number of halogens is 1. The number of Topliss-reactive ketones (excluding diaryl/α,β-unsaturated/α-hetero) is 2. The first kappa shape index (κ1) is 68.5. The van der Waals surface area contributed by atoms with Gasteiger partial charge in [0.15, 0.2) is 34.1 Å². The molecule has 105 heavy (non-hydrogen) atoms. The highest BCUT2D eigenvalue weighted by molar-refractivity contribution is 9.10. The predicted molar refractivity (Wildman–Crippen MR) is 400 cm³/mol. The maximum Gasteiger partial charge on any atom is 0.394 e. The second-order valence-corrected chi connectivity index (χ2v) is 24.4. The summed E-state index contributed by atoms with van der Waals surface area (Å²) >= 11 is 3.36. The normalized spacial score (nSPS) is 11.3. The fourth-order valence-corrected chi connectivity index (χ4v) is 12.4. The minimum atomic E-state index is -1.02. The number of anilines is 2. The van der Waals surface area contributed by atoms with Crippen LogP contribution in [-0.4, -0.2) is 123 Å². The quantitative estimate of drug-likeness (QED) is 0.0584. The van der Waals surface area contributed by atoms with Crippen molar-refractivity contribution in [1.82, 2.24) is 73.9 Å². The van der Waals surface area contributed by atoms with Crippen LogP contribution in [0.25, 0.3) is 132 Å². The third kappa shape index (κ3) is 13.4. The summed E-state index contributed by atoms with van der Waals surface area (Å²) in [6.07, 6.45) is 6.35. The number of aryl methyl sites for hydroxylation is 1. The van der Waals surface area contributed by atoms with Gasteiger partial charge in [-0.15, -0.1) is 0 Å². The van der Waals surface area contributed by atoms with E-state index < -0.39 is 5.97 Å². The lowest BCUT2D eigenvalue weighted by atomic mass is 10.1. The Kier molecular flexibility index (Phi) is 18.8. The number of H-pyrrole nitrogens is 3. The van der Waals surface area contributed by atoms with Crippen LogP contribution < -0.4 is 36.0 Å². The molecule has 0 saturated heterocycles. The molecule has 18 rings (SSSR count). The van der Waals surface area contributed by atoms with Crippen LogP contribution in [0, 0.1) is 6.92 Å². The summed E-state index contributed by atoms with van der Waals surface area (Å²) in [5.74, 6) is 0.302. The molecule has 0 aliphatic carbocycles. The van der Waals surface area contributed by atoms with Crippen LogP contribution in [0.5, 0.6) is 23.9 Å². The lowest BCUT2D eigenvalue weighted by Crippen LogP contribution is -2.05. The van der Waals surface area contributed by atoms with Gasteiger partial charge in [0.25, 0.3) is 11.6 Å². The molecular weight excluding hydrogens is 1410 g/mol. The Hall–Kier alpha value is -13.6. The summed E-state index contributed by atoms with van der Waals surface area (Å²) in [5.41, 5.74) is 28.5. The number of hydrogen-bond donors (Lipinski definition) is 6. The van der Waals surface area contributed by atoms with Gasteiger partial charge in [-0.1, -0.05) is 40.2 Å². The van der Waals surface area contributed by atoms with Crippen LogP contribution in [0.15, 0.2) is 175 Å². The molecule has 0 aliphatic heterocycles. The fraction of sp³-hybridized carbons (Fsp3) is 0.147. The number of benzene rings is 7. The van der Waals surface area contributed by atoms with Crippen molar-refractivity contribution in [3.8, 4) is 35.3 Å². The summed E-state index contributed by atoms with van der Waals surface area (Å²) in [7, 11) is 0. The zero-order valence-corrected chi connectivity index (χ0v) is 58.7. The molecule has 0 bridgehead atoms. The van der Waals surface area contributed by atoms with E-state index in [1.165, 1.54) is 31.4 Å². The SMILES string of the molecule is CCOc1nc2cc(-n3c4cc(C(C)=O)ccc4c4ncnc(OCC)c43)ccc2o1.CCOc1nc2cc(Br)ccc2o1.CCOc1ncnc2c1[nH]c1cc(C(C)=O)ccc12.Cc1ccc2c(c1)[nH]c1c(=O)[nH]cnc12.Nc1nc2cc(-n3c4cc(C(=O)O)ccc4c4ncnc(N)c43)ccc2o1. The summed E-state index contributed by atoms with van der Waals surface area (Å²) < 4.78 is 42.9. The zero-order valence-electron chi connectivity index (χ0n) is 57.1. The number of rotatable bonds is 13. The number of nitrogens with zero attached hydrogens (tertiary/aromatic N) is 12. The summed E-state index contributed by atoms with van der Waals surface area (Å²) in [6.45, 7) is 14.7. The third-order valence-electron chi connectivity index (χ3n) is 16.7. The Bertz CT molecular complexity index is 6490. The van der Waals surface area contributed by atoms with E-state index in [1.807, 2.05) is 135 Å². The van der Waals surface area contributed by atoms with Gasteiger partial charge in [-0.2, -0.15) is 24.9 Å². The number of nitrogen functional groups attached to an aromatic ring is 2. The predicted octanol–water partition coefficient (Wildman–Crippen LogP) is 14.7. The van der Waals surface area contributed by atoms with Crippen molar-refractivity contribution < 1.29 is 51.7 Å². The number of carboxylic acid groups (broad SMARTS) is 1. The average Bonchev–Trinajstić information content (AvgIpc) is 1.59. The number of oxazole rings is 3. The molecule has 11 heterocycles. The van der Waals surface area contributed by atoms with E-state index in [1.54, 1.807) is 44.2 Å². The molecule has 7 aromatic carbocycles. The molecule has 11 aromatic heterocycles. The Balaban J connectivity index is 0.000000115. The van der Waals surface area contributed by atoms with Crippen LogP contribution in [0.3, 0.4) is 0 Å². The number of aromatic amines is 3. The number of carbonyl (C=O) groups is 3. The third-order valence-corrected chi connectivity index (χ3v) is 17.2. The largest absolute Gasteiger partial charge is 0.478 e. The highest BCUT2D eigenvalue weighted by Gasteiger charge is 2.23. The van der Waals surface area contributed by atoms with Crippen molar-refractivity contribution in [3.63, 3.8) is 0 Å². The molecule has 29 nitrogen and oxygen atoms in total.